The van der Waals surface area contributed by atoms with Gasteiger partial charge in [-0.15, -0.1) is 0 Å². The van der Waals surface area contributed by atoms with Gasteiger partial charge < -0.3 is 9.32 Å². The predicted molar refractivity (Wildman–Crippen MR) is 210 cm³/mol. The van der Waals surface area contributed by atoms with E-state index < -0.39 is 0 Å². The summed E-state index contributed by atoms with van der Waals surface area (Å²) in [6.07, 6.45) is 7.99. The van der Waals surface area contributed by atoms with E-state index in [9.17, 15) is 0 Å². The number of benzene rings is 7. The number of anilines is 2. The lowest BCUT2D eigenvalue weighted by atomic mass is 9.70. The van der Waals surface area contributed by atoms with E-state index in [1.807, 2.05) is 6.07 Å². The second kappa shape index (κ2) is 10.8. The van der Waals surface area contributed by atoms with Gasteiger partial charge in [-0.3, -0.25) is 0 Å². The van der Waals surface area contributed by atoms with E-state index in [1.54, 1.807) is 0 Å². The van der Waals surface area contributed by atoms with E-state index in [0.29, 0.717) is 5.92 Å². The molecule has 0 aliphatic heterocycles. The molecule has 0 N–H and O–H groups in total. The quantitative estimate of drug-likeness (QED) is 0.188. The fourth-order valence-electron chi connectivity index (χ4n) is 9.25. The summed E-state index contributed by atoms with van der Waals surface area (Å²) >= 11 is 0. The van der Waals surface area contributed by atoms with Crippen molar-refractivity contribution in [2.75, 3.05) is 4.90 Å². The third kappa shape index (κ3) is 3.99. The molecule has 1 heterocycles. The van der Waals surface area contributed by atoms with Crippen LogP contribution in [0.25, 0.3) is 44.2 Å². The van der Waals surface area contributed by atoms with Gasteiger partial charge >= 0.3 is 0 Å². The number of nitrogens with zero attached hydrogens (tertiary/aromatic N) is 1. The summed E-state index contributed by atoms with van der Waals surface area (Å²) in [6.45, 7) is 0. The monoisotopic (exact) mass is 651 g/mol. The zero-order chi connectivity index (χ0) is 33.5. The normalized spacial score (nSPS) is 16.2. The van der Waals surface area contributed by atoms with Crippen LogP contribution in [0.15, 0.2) is 192 Å². The van der Waals surface area contributed by atoms with Crippen LogP contribution in [0.2, 0.25) is 0 Å². The Morgan fingerprint density at radius 1 is 0.490 bits per heavy atom. The summed E-state index contributed by atoms with van der Waals surface area (Å²) < 4.78 is 6.43. The molecule has 0 saturated carbocycles. The summed E-state index contributed by atoms with van der Waals surface area (Å²) in [5, 5.41) is 2.28. The van der Waals surface area contributed by atoms with E-state index >= 15 is 0 Å². The Balaban J connectivity index is 1.11. The van der Waals surface area contributed by atoms with Crippen molar-refractivity contribution in [2.24, 2.45) is 0 Å². The van der Waals surface area contributed by atoms with Gasteiger partial charge in [-0.2, -0.15) is 0 Å². The van der Waals surface area contributed by atoms with Gasteiger partial charge in [0.05, 0.1) is 5.41 Å². The van der Waals surface area contributed by atoms with E-state index in [2.05, 4.69) is 181 Å². The first-order valence-electron chi connectivity index (χ1n) is 17.9. The molecule has 8 aromatic rings. The molecule has 11 rings (SSSR count). The first-order valence-corrected chi connectivity index (χ1v) is 17.9. The molecule has 2 heteroatoms. The van der Waals surface area contributed by atoms with Gasteiger partial charge in [-0.1, -0.05) is 140 Å². The zero-order valence-corrected chi connectivity index (χ0v) is 28.0. The van der Waals surface area contributed by atoms with Crippen molar-refractivity contribution in [3.8, 4) is 22.3 Å². The molecule has 1 unspecified atom stereocenters. The molecule has 3 aliphatic carbocycles. The Bertz CT molecular complexity index is 2700. The zero-order valence-electron chi connectivity index (χ0n) is 28.0. The van der Waals surface area contributed by atoms with Gasteiger partial charge in [-0.05, 0) is 92.9 Å². The summed E-state index contributed by atoms with van der Waals surface area (Å²) in [6, 6.07) is 60.0. The minimum atomic E-state index is -0.359. The van der Waals surface area contributed by atoms with Gasteiger partial charge in [-0.25, -0.2) is 0 Å². The second-order valence-electron chi connectivity index (χ2n) is 14.0. The van der Waals surface area contributed by atoms with Gasteiger partial charge in [0.25, 0.3) is 0 Å². The summed E-state index contributed by atoms with van der Waals surface area (Å²) in [5.41, 5.74) is 16.8. The maximum atomic E-state index is 6.43. The highest BCUT2D eigenvalue weighted by molar-refractivity contribution is 6.06. The molecule has 7 aromatic carbocycles. The Labute approximate surface area is 297 Å². The molecule has 1 aromatic heterocycles. The van der Waals surface area contributed by atoms with Gasteiger partial charge in [0, 0.05) is 39.8 Å². The number of hydrogen-bond donors (Lipinski definition) is 0. The van der Waals surface area contributed by atoms with Crippen molar-refractivity contribution in [3.05, 3.63) is 216 Å². The molecule has 1 atom stereocenters. The molecular weight excluding hydrogens is 619 g/mol. The largest absolute Gasteiger partial charge is 0.456 e. The number of rotatable bonds is 4. The number of hydrogen-bond acceptors (Lipinski definition) is 2. The summed E-state index contributed by atoms with van der Waals surface area (Å²) in [4.78, 5) is 2.41. The van der Waals surface area contributed by atoms with Gasteiger partial charge in [0.15, 0.2) is 0 Å². The fraction of sp³-hybridized carbons (Fsp3) is 0.0612. The molecule has 51 heavy (non-hydrogen) atoms. The van der Waals surface area contributed by atoms with Crippen LogP contribution in [0.5, 0.6) is 0 Å². The first-order chi connectivity index (χ1) is 25.3. The van der Waals surface area contributed by atoms with Crippen molar-refractivity contribution in [1.29, 1.82) is 0 Å². The average molecular weight is 652 g/mol. The lowest BCUT2D eigenvalue weighted by Gasteiger charge is -2.32. The van der Waals surface area contributed by atoms with Crippen LogP contribution in [0, 0.1) is 0 Å². The molecule has 0 radical (unpaired) electrons. The average Bonchev–Trinajstić information content (AvgIpc) is 3.82. The summed E-state index contributed by atoms with van der Waals surface area (Å²) in [5.74, 6) is 0.351. The maximum absolute atomic E-state index is 6.43. The molecule has 0 amide bonds. The minimum absolute atomic E-state index is 0.351. The third-order valence-electron chi connectivity index (χ3n) is 11.4. The first kappa shape index (κ1) is 28.5. The third-order valence-corrected chi connectivity index (χ3v) is 11.4. The lowest BCUT2D eigenvalue weighted by molar-refractivity contribution is 0.669. The number of para-hydroxylation sites is 1. The Hall–Kier alpha value is -6.38. The molecule has 2 nitrogen and oxygen atoms in total. The molecule has 1 spiro atoms. The van der Waals surface area contributed by atoms with Crippen molar-refractivity contribution in [3.63, 3.8) is 0 Å². The van der Waals surface area contributed by atoms with Crippen molar-refractivity contribution in [1.82, 2.24) is 0 Å². The highest BCUT2D eigenvalue weighted by Crippen LogP contribution is 2.63. The highest BCUT2D eigenvalue weighted by atomic mass is 16.3. The predicted octanol–water partition coefficient (Wildman–Crippen LogP) is 12.7. The number of furan rings is 1. The smallest absolute Gasteiger partial charge is 0.137 e. The number of fused-ring (bicyclic) bond motifs is 13. The second-order valence-corrected chi connectivity index (χ2v) is 14.0. The molecule has 3 aliphatic rings. The SMILES string of the molecule is C1=CC(c2ccccc2)CC=C1N(c1ccc2c(c1)-c1ccccc1C21c2ccccc2-c2ccccc21)c1ccc2c(c1)oc1ccccc12. The van der Waals surface area contributed by atoms with Crippen LogP contribution in [-0.4, -0.2) is 0 Å². The fourth-order valence-corrected chi connectivity index (χ4v) is 9.25. The molecule has 0 bridgehead atoms. The summed E-state index contributed by atoms with van der Waals surface area (Å²) in [7, 11) is 0. The topological polar surface area (TPSA) is 16.4 Å². The molecule has 0 saturated heterocycles. The van der Waals surface area contributed by atoms with Crippen LogP contribution in [0.4, 0.5) is 11.4 Å². The Kier molecular flexibility index (Phi) is 6.03. The van der Waals surface area contributed by atoms with Crippen LogP contribution in [0.1, 0.15) is 40.2 Å². The lowest BCUT2D eigenvalue weighted by Crippen LogP contribution is -2.26. The van der Waals surface area contributed by atoms with Gasteiger partial charge in [0.1, 0.15) is 11.2 Å². The minimum Gasteiger partial charge on any atom is -0.456 e. The van der Waals surface area contributed by atoms with Crippen LogP contribution in [0.3, 0.4) is 0 Å². The van der Waals surface area contributed by atoms with E-state index in [1.165, 1.54) is 50.1 Å². The van der Waals surface area contributed by atoms with Crippen molar-refractivity contribution >= 4 is 33.3 Å². The van der Waals surface area contributed by atoms with Crippen LogP contribution >= 0.6 is 0 Å². The van der Waals surface area contributed by atoms with E-state index in [4.69, 9.17) is 4.42 Å². The maximum Gasteiger partial charge on any atom is 0.137 e. The molecule has 240 valence electrons. The number of allylic oxidation sites excluding steroid dienone is 3. The Morgan fingerprint density at radius 3 is 1.76 bits per heavy atom. The van der Waals surface area contributed by atoms with Crippen molar-refractivity contribution in [2.45, 2.75) is 17.8 Å². The standard InChI is InChI=1S/C49H33NO/c1-2-12-32(13-3-1)33-22-24-34(25-23-33)50(36-26-28-41-40-17-7-11-21-47(40)51-48(41)31-36)35-27-29-46-42(30-35)39-16-6-10-20-45(39)49(46)43-18-8-4-14-37(43)38-15-5-9-19-44(38)49/h1-22,24-31,33H,23H2. The van der Waals surface area contributed by atoms with Crippen molar-refractivity contribution < 1.29 is 4.42 Å². The highest BCUT2D eigenvalue weighted by Gasteiger charge is 2.51. The van der Waals surface area contributed by atoms with Crippen LogP contribution in [-0.2, 0) is 5.41 Å². The van der Waals surface area contributed by atoms with E-state index in [0.717, 1.165) is 45.4 Å². The molecular formula is C49H33NO. The van der Waals surface area contributed by atoms with E-state index in [-0.39, 0.29) is 5.41 Å². The molecule has 0 fully saturated rings. The van der Waals surface area contributed by atoms with Crippen LogP contribution < -0.4 is 4.90 Å². The van der Waals surface area contributed by atoms with Gasteiger partial charge in [0.2, 0.25) is 0 Å². The Morgan fingerprint density at radius 2 is 1.06 bits per heavy atom.